The van der Waals surface area contributed by atoms with Crippen LogP contribution in [-0.2, 0) is 4.79 Å². The summed E-state index contributed by atoms with van der Waals surface area (Å²) in [5.41, 5.74) is 4.31. The number of carbonyl (C=O) groups excluding carboxylic acids is 1. The molecule has 0 radical (unpaired) electrons. The lowest BCUT2D eigenvalue weighted by Gasteiger charge is -2.36. The van der Waals surface area contributed by atoms with Crippen molar-refractivity contribution >= 4 is 23.0 Å². The molecule has 2 fully saturated rings. The number of hydrogen-bond acceptors (Lipinski definition) is 5. The van der Waals surface area contributed by atoms with Crippen molar-refractivity contribution in [3.05, 3.63) is 63.7 Å². The highest BCUT2D eigenvalue weighted by Crippen LogP contribution is 2.31. The molecular weight excluding hydrogens is 428 g/mol. The van der Waals surface area contributed by atoms with Gasteiger partial charge in [0.05, 0.1) is 4.92 Å². The number of rotatable bonds is 7. The van der Waals surface area contributed by atoms with Gasteiger partial charge in [-0.05, 0) is 76.1 Å². The van der Waals surface area contributed by atoms with Gasteiger partial charge >= 0.3 is 0 Å². The predicted octanol–water partition coefficient (Wildman–Crippen LogP) is 5.31. The number of piperazine rings is 1. The van der Waals surface area contributed by atoms with E-state index in [2.05, 4.69) is 41.4 Å². The minimum Gasteiger partial charge on any atom is -0.382 e. The average Bonchev–Trinajstić information content (AvgIpc) is 2.84. The molecule has 1 aliphatic carbocycles. The maximum absolute atomic E-state index is 12.8. The normalized spacial score (nSPS) is 20.8. The van der Waals surface area contributed by atoms with Crippen LogP contribution in [0.3, 0.4) is 0 Å². The molecule has 1 saturated heterocycles. The molecule has 1 aliphatic heterocycles. The summed E-state index contributed by atoms with van der Waals surface area (Å²) in [6.45, 7) is 7.28. The van der Waals surface area contributed by atoms with E-state index in [0.29, 0.717) is 29.9 Å². The summed E-state index contributed by atoms with van der Waals surface area (Å²) in [4.78, 5) is 27.9. The number of carbonyl (C=O) groups is 1. The van der Waals surface area contributed by atoms with Gasteiger partial charge in [0.1, 0.15) is 0 Å². The van der Waals surface area contributed by atoms with Crippen molar-refractivity contribution in [1.29, 1.82) is 0 Å². The molecule has 182 valence electrons. The standard InChI is InChI=1S/C27H36N4O3/c1-20-3-11-25(12-4-20)29-15-17-30(18-16-29)27(32)14-7-22-5-8-23(9-6-22)28-24-10-13-26(31(33)34)21(2)19-24/h3-4,10-13,19,22-23,28H,5-9,14-18H2,1-2H3. The van der Waals surface area contributed by atoms with E-state index < -0.39 is 0 Å². The van der Waals surface area contributed by atoms with Gasteiger partial charge in [-0.25, -0.2) is 0 Å². The van der Waals surface area contributed by atoms with Crippen LogP contribution in [0, 0.1) is 29.9 Å². The Morgan fingerprint density at radius 3 is 2.29 bits per heavy atom. The van der Waals surface area contributed by atoms with Crippen molar-refractivity contribution < 1.29 is 9.72 Å². The van der Waals surface area contributed by atoms with E-state index in [-0.39, 0.29) is 10.6 Å². The summed E-state index contributed by atoms with van der Waals surface area (Å²) in [6.07, 6.45) is 6.01. The highest BCUT2D eigenvalue weighted by atomic mass is 16.6. The molecule has 0 spiro atoms. The summed E-state index contributed by atoms with van der Waals surface area (Å²) < 4.78 is 0. The van der Waals surface area contributed by atoms with E-state index in [1.54, 1.807) is 19.1 Å². The van der Waals surface area contributed by atoms with Crippen LogP contribution >= 0.6 is 0 Å². The Labute approximate surface area is 202 Å². The molecule has 7 nitrogen and oxygen atoms in total. The summed E-state index contributed by atoms with van der Waals surface area (Å²) in [6, 6.07) is 14.3. The van der Waals surface area contributed by atoms with Crippen LogP contribution in [0.5, 0.6) is 0 Å². The zero-order chi connectivity index (χ0) is 24.1. The maximum Gasteiger partial charge on any atom is 0.272 e. The smallest absolute Gasteiger partial charge is 0.272 e. The number of hydrogen-bond donors (Lipinski definition) is 1. The van der Waals surface area contributed by atoms with Crippen molar-refractivity contribution in [2.24, 2.45) is 5.92 Å². The predicted molar refractivity (Wildman–Crippen MR) is 136 cm³/mol. The quantitative estimate of drug-likeness (QED) is 0.444. The first-order chi connectivity index (χ1) is 16.4. The summed E-state index contributed by atoms with van der Waals surface area (Å²) in [5, 5.41) is 14.6. The second-order valence-corrected chi connectivity index (χ2v) is 9.86. The van der Waals surface area contributed by atoms with Crippen LogP contribution in [0.2, 0.25) is 0 Å². The highest BCUT2D eigenvalue weighted by Gasteiger charge is 2.25. The van der Waals surface area contributed by atoms with Gasteiger partial charge in [0, 0.05) is 61.6 Å². The van der Waals surface area contributed by atoms with Crippen molar-refractivity contribution in [3.8, 4) is 0 Å². The molecule has 2 aliphatic rings. The molecule has 2 aromatic carbocycles. The molecule has 4 rings (SSSR count). The highest BCUT2D eigenvalue weighted by molar-refractivity contribution is 5.76. The van der Waals surface area contributed by atoms with E-state index in [4.69, 9.17) is 0 Å². The third-order valence-electron chi connectivity index (χ3n) is 7.41. The van der Waals surface area contributed by atoms with E-state index in [0.717, 1.165) is 64.0 Å². The number of aryl methyl sites for hydroxylation is 2. The Hall–Kier alpha value is -3.09. The van der Waals surface area contributed by atoms with Crippen molar-refractivity contribution in [2.45, 2.75) is 58.4 Å². The van der Waals surface area contributed by atoms with Gasteiger partial charge in [0.25, 0.3) is 5.69 Å². The monoisotopic (exact) mass is 464 g/mol. The van der Waals surface area contributed by atoms with E-state index in [1.165, 1.54) is 11.3 Å². The van der Waals surface area contributed by atoms with Crippen LogP contribution < -0.4 is 10.2 Å². The molecule has 1 saturated carbocycles. The zero-order valence-corrected chi connectivity index (χ0v) is 20.3. The first-order valence-electron chi connectivity index (χ1n) is 12.5. The van der Waals surface area contributed by atoms with Crippen molar-refractivity contribution in [2.75, 3.05) is 36.4 Å². The molecule has 1 amide bonds. The first kappa shape index (κ1) is 24.0. The Balaban J connectivity index is 1.16. The molecule has 0 aromatic heterocycles. The third kappa shape index (κ3) is 6.07. The third-order valence-corrected chi connectivity index (χ3v) is 7.41. The van der Waals surface area contributed by atoms with Gasteiger partial charge in [-0.15, -0.1) is 0 Å². The van der Waals surface area contributed by atoms with Crippen molar-refractivity contribution in [3.63, 3.8) is 0 Å². The Morgan fingerprint density at radius 1 is 1.00 bits per heavy atom. The Morgan fingerprint density at radius 2 is 1.68 bits per heavy atom. The van der Waals surface area contributed by atoms with Gasteiger partial charge in [-0.2, -0.15) is 0 Å². The fourth-order valence-electron chi connectivity index (χ4n) is 5.24. The van der Waals surface area contributed by atoms with Gasteiger partial charge < -0.3 is 15.1 Å². The van der Waals surface area contributed by atoms with Crippen LogP contribution in [0.4, 0.5) is 17.1 Å². The lowest BCUT2D eigenvalue weighted by atomic mass is 9.83. The lowest BCUT2D eigenvalue weighted by molar-refractivity contribution is -0.385. The van der Waals surface area contributed by atoms with Gasteiger partial charge in [-0.3, -0.25) is 14.9 Å². The minimum atomic E-state index is -0.338. The molecule has 1 N–H and O–H groups in total. The van der Waals surface area contributed by atoms with Gasteiger partial charge in [0.15, 0.2) is 0 Å². The molecule has 7 heteroatoms. The van der Waals surface area contributed by atoms with Crippen LogP contribution in [0.1, 0.15) is 49.7 Å². The van der Waals surface area contributed by atoms with E-state index >= 15 is 0 Å². The summed E-state index contributed by atoms with van der Waals surface area (Å²) >= 11 is 0. The second kappa shape index (κ2) is 10.9. The number of nitrogens with one attached hydrogen (secondary N) is 1. The van der Waals surface area contributed by atoms with Crippen LogP contribution in [0.15, 0.2) is 42.5 Å². The molecule has 0 bridgehead atoms. The molecule has 2 aromatic rings. The summed E-state index contributed by atoms with van der Waals surface area (Å²) in [7, 11) is 0. The number of anilines is 2. The first-order valence-corrected chi connectivity index (χ1v) is 12.5. The SMILES string of the molecule is Cc1ccc(N2CCN(C(=O)CCC3CCC(Nc4ccc([N+](=O)[O-])c(C)c4)CC3)CC2)cc1. The Kier molecular flexibility index (Phi) is 7.70. The minimum absolute atomic E-state index is 0.162. The van der Waals surface area contributed by atoms with Crippen LogP contribution in [0.25, 0.3) is 0 Å². The number of nitro benzene ring substituents is 1. The Bertz CT molecular complexity index is 991. The summed E-state index contributed by atoms with van der Waals surface area (Å²) in [5.74, 6) is 0.902. The fourth-order valence-corrected chi connectivity index (χ4v) is 5.24. The maximum atomic E-state index is 12.8. The number of amides is 1. The van der Waals surface area contributed by atoms with Crippen molar-refractivity contribution in [1.82, 2.24) is 4.90 Å². The number of nitro groups is 1. The molecule has 34 heavy (non-hydrogen) atoms. The zero-order valence-electron chi connectivity index (χ0n) is 20.3. The van der Waals surface area contributed by atoms with Gasteiger partial charge in [-0.1, -0.05) is 17.7 Å². The average molecular weight is 465 g/mol. The van der Waals surface area contributed by atoms with E-state index in [9.17, 15) is 14.9 Å². The topological polar surface area (TPSA) is 78.7 Å². The van der Waals surface area contributed by atoms with Gasteiger partial charge in [0.2, 0.25) is 5.91 Å². The number of nitrogens with zero attached hydrogens (tertiary/aromatic N) is 3. The largest absolute Gasteiger partial charge is 0.382 e. The lowest BCUT2D eigenvalue weighted by Crippen LogP contribution is -2.48. The number of benzene rings is 2. The van der Waals surface area contributed by atoms with Crippen LogP contribution in [-0.4, -0.2) is 48.0 Å². The fraction of sp³-hybridized carbons (Fsp3) is 0.519. The molecular formula is C27H36N4O3. The molecule has 0 unspecified atom stereocenters. The van der Waals surface area contributed by atoms with E-state index in [1.807, 2.05) is 11.0 Å². The second-order valence-electron chi connectivity index (χ2n) is 9.86. The molecule has 0 atom stereocenters. The molecule has 1 heterocycles.